The molecule has 1 N–H and O–H groups in total. The topological polar surface area (TPSA) is 96.0 Å². The normalized spacial score (nSPS) is 26.7. The van der Waals surface area contributed by atoms with Gasteiger partial charge in [0.05, 0.1) is 25.3 Å². The fourth-order valence-corrected chi connectivity index (χ4v) is 4.35. The van der Waals surface area contributed by atoms with Crippen LogP contribution in [0.5, 0.6) is 0 Å². The van der Waals surface area contributed by atoms with E-state index in [0.717, 1.165) is 16.1 Å². The van der Waals surface area contributed by atoms with Crippen molar-refractivity contribution in [3.63, 3.8) is 0 Å². The molecule has 0 saturated carbocycles. The molecule has 2 aliphatic heterocycles. The van der Waals surface area contributed by atoms with Gasteiger partial charge in [-0.1, -0.05) is 30.3 Å². The Morgan fingerprint density at radius 2 is 2.08 bits per heavy atom. The van der Waals surface area contributed by atoms with E-state index >= 15 is 0 Å². The van der Waals surface area contributed by atoms with Crippen LogP contribution < -0.4 is 5.32 Å². The lowest BCUT2D eigenvalue weighted by molar-refractivity contribution is -0.166. The molecule has 0 unspecified atom stereocenters. The van der Waals surface area contributed by atoms with Gasteiger partial charge < -0.3 is 15.0 Å². The molecule has 2 aliphatic rings. The first-order chi connectivity index (χ1) is 12.2. The summed E-state index contributed by atoms with van der Waals surface area (Å²) in [5, 5.41) is 2.70. The monoisotopic (exact) mass is 381 g/mol. The van der Waals surface area contributed by atoms with Crippen LogP contribution in [-0.4, -0.2) is 74.6 Å². The minimum absolute atomic E-state index is 0.0653. The Balaban J connectivity index is 1.86. The molecular formula is C17H23N3O5S. The highest BCUT2D eigenvalue weighted by Gasteiger charge is 2.59. The van der Waals surface area contributed by atoms with Crippen LogP contribution in [-0.2, 0) is 30.9 Å². The number of nitrogens with one attached hydrogen (secondary N) is 1. The van der Waals surface area contributed by atoms with Gasteiger partial charge in [0.25, 0.3) is 5.91 Å². The molecule has 8 nitrogen and oxygen atoms in total. The second kappa shape index (κ2) is 6.98. The van der Waals surface area contributed by atoms with Gasteiger partial charge in [0.2, 0.25) is 15.9 Å². The number of hydrogen-bond acceptors (Lipinski definition) is 5. The summed E-state index contributed by atoms with van der Waals surface area (Å²) in [6.45, 7) is 0.750. The summed E-state index contributed by atoms with van der Waals surface area (Å²) < 4.78 is 30.9. The van der Waals surface area contributed by atoms with Gasteiger partial charge in [-0.05, 0) is 5.56 Å². The average molecular weight is 381 g/mol. The molecule has 26 heavy (non-hydrogen) atoms. The summed E-state index contributed by atoms with van der Waals surface area (Å²) in [5.41, 5.74) is -0.520. The number of ether oxygens (including phenoxy) is 1. The van der Waals surface area contributed by atoms with Crippen LogP contribution in [0.3, 0.4) is 0 Å². The van der Waals surface area contributed by atoms with E-state index in [1.165, 1.54) is 4.90 Å². The number of amides is 2. The molecule has 2 fully saturated rings. The Hall–Kier alpha value is -1.97. The minimum Gasteiger partial charge on any atom is -0.361 e. The molecule has 2 heterocycles. The van der Waals surface area contributed by atoms with Crippen molar-refractivity contribution >= 4 is 21.8 Å². The standard InChI is InChI=1S/C17H23N3O5S/c1-19(10-13-6-4-3-5-7-13)15(21)14-11-20(26(2,23)24)12-17(14)16(22)18-8-9-25-17/h3-7,14H,8-12H2,1-2H3,(H,18,22)/t14-,17-/m1/s1. The number of benzene rings is 1. The zero-order valence-electron chi connectivity index (χ0n) is 14.8. The Labute approximate surface area is 153 Å². The molecule has 3 rings (SSSR count). The fraction of sp³-hybridized carbons (Fsp3) is 0.529. The summed E-state index contributed by atoms with van der Waals surface area (Å²) in [4.78, 5) is 27.2. The van der Waals surface area contributed by atoms with Crippen LogP contribution in [0.1, 0.15) is 5.56 Å². The second-order valence-corrected chi connectivity index (χ2v) is 8.76. The van der Waals surface area contributed by atoms with E-state index in [0.29, 0.717) is 13.1 Å². The van der Waals surface area contributed by atoms with Gasteiger partial charge in [-0.3, -0.25) is 9.59 Å². The SMILES string of the molecule is CN(Cc1ccccc1)C(=O)[C@H]1CN(S(C)(=O)=O)C[C@@]12OCCNC2=O. The van der Waals surface area contributed by atoms with Gasteiger partial charge in [0, 0.05) is 26.7 Å². The largest absolute Gasteiger partial charge is 0.361 e. The van der Waals surface area contributed by atoms with Crippen molar-refractivity contribution in [1.82, 2.24) is 14.5 Å². The first-order valence-corrected chi connectivity index (χ1v) is 10.2. The Morgan fingerprint density at radius 1 is 1.38 bits per heavy atom. The van der Waals surface area contributed by atoms with Crippen LogP contribution in [0.15, 0.2) is 30.3 Å². The van der Waals surface area contributed by atoms with Crippen molar-refractivity contribution in [3.05, 3.63) is 35.9 Å². The maximum Gasteiger partial charge on any atom is 0.254 e. The molecule has 142 valence electrons. The molecule has 0 bridgehead atoms. The number of sulfonamides is 1. The molecular weight excluding hydrogens is 358 g/mol. The molecule has 1 spiro atoms. The third kappa shape index (κ3) is 3.46. The Bertz CT molecular complexity index is 798. The molecule has 0 radical (unpaired) electrons. The summed E-state index contributed by atoms with van der Waals surface area (Å²) >= 11 is 0. The van der Waals surface area contributed by atoms with Gasteiger partial charge in [0.1, 0.15) is 0 Å². The number of morpholine rings is 1. The Morgan fingerprint density at radius 3 is 2.69 bits per heavy atom. The number of nitrogens with zero attached hydrogens (tertiary/aromatic N) is 2. The third-order valence-corrected chi connectivity index (χ3v) is 6.11. The minimum atomic E-state index is -3.55. The van der Waals surface area contributed by atoms with E-state index in [-0.39, 0.29) is 25.6 Å². The lowest BCUT2D eigenvalue weighted by atomic mass is 9.87. The molecule has 9 heteroatoms. The highest BCUT2D eigenvalue weighted by molar-refractivity contribution is 7.88. The maximum atomic E-state index is 13.1. The molecule has 0 aliphatic carbocycles. The van der Waals surface area contributed by atoms with Crippen LogP contribution in [0.4, 0.5) is 0 Å². The first kappa shape index (κ1) is 18.8. The van der Waals surface area contributed by atoms with E-state index < -0.39 is 27.4 Å². The summed E-state index contributed by atoms with van der Waals surface area (Å²) in [6, 6.07) is 9.46. The first-order valence-electron chi connectivity index (χ1n) is 8.40. The molecule has 0 aromatic heterocycles. The van der Waals surface area contributed by atoms with Crippen molar-refractivity contribution in [1.29, 1.82) is 0 Å². The van der Waals surface area contributed by atoms with E-state index in [1.807, 2.05) is 30.3 Å². The van der Waals surface area contributed by atoms with E-state index in [2.05, 4.69) is 5.32 Å². The molecule has 1 aromatic carbocycles. The Kier molecular flexibility index (Phi) is 5.05. The van der Waals surface area contributed by atoms with E-state index in [1.54, 1.807) is 7.05 Å². The maximum absolute atomic E-state index is 13.1. The van der Waals surface area contributed by atoms with Crippen molar-refractivity contribution in [2.75, 3.05) is 39.5 Å². The smallest absolute Gasteiger partial charge is 0.254 e. The van der Waals surface area contributed by atoms with Crippen LogP contribution in [0, 0.1) is 5.92 Å². The molecule has 2 saturated heterocycles. The van der Waals surface area contributed by atoms with Crippen molar-refractivity contribution < 1.29 is 22.7 Å². The molecule has 1 aromatic rings. The summed E-state index contributed by atoms with van der Waals surface area (Å²) in [6.07, 6.45) is 1.07. The van der Waals surface area contributed by atoms with Gasteiger partial charge in [-0.2, -0.15) is 4.31 Å². The molecule has 2 amide bonds. The average Bonchev–Trinajstić information content (AvgIpc) is 2.98. The van der Waals surface area contributed by atoms with Crippen LogP contribution in [0.2, 0.25) is 0 Å². The van der Waals surface area contributed by atoms with Crippen molar-refractivity contribution in [2.45, 2.75) is 12.1 Å². The summed E-state index contributed by atoms with van der Waals surface area (Å²) in [5.74, 6) is -1.62. The van der Waals surface area contributed by atoms with Crippen LogP contribution >= 0.6 is 0 Å². The highest BCUT2D eigenvalue weighted by Crippen LogP contribution is 2.35. The van der Waals surface area contributed by atoms with Crippen molar-refractivity contribution in [3.8, 4) is 0 Å². The zero-order chi connectivity index (χ0) is 18.9. The van der Waals surface area contributed by atoms with Gasteiger partial charge in [-0.25, -0.2) is 8.42 Å². The number of hydrogen-bond donors (Lipinski definition) is 1. The second-order valence-electron chi connectivity index (χ2n) is 6.78. The third-order valence-electron chi connectivity index (χ3n) is 4.90. The van der Waals surface area contributed by atoms with E-state index in [9.17, 15) is 18.0 Å². The van der Waals surface area contributed by atoms with Gasteiger partial charge in [0.15, 0.2) is 5.60 Å². The van der Waals surface area contributed by atoms with Gasteiger partial charge >= 0.3 is 0 Å². The van der Waals surface area contributed by atoms with Crippen molar-refractivity contribution in [2.24, 2.45) is 5.92 Å². The number of carbonyl (C=O) groups excluding carboxylic acids is 2. The lowest BCUT2D eigenvalue weighted by Gasteiger charge is -2.37. The van der Waals surface area contributed by atoms with Crippen LogP contribution in [0.25, 0.3) is 0 Å². The highest BCUT2D eigenvalue weighted by atomic mass is 32.2. The molecule has 2 atom stereocenters. The zero-order valence-corrected chi connectivity index (χ0v) is 15.7. The lowest BCUT2D eigenvalue weighted by Crippen LogP contribution is -2.62. The number of carbonyl (C=O) groups is 2. The number of rotatable bonds is 4. The predicted octanol–water partition coefficient (Wildman–Crippen LogP) is -0.578. The summed E-state index contributed by atoms with van der Waals surface area (Å²) in [7, 11) is -1.90. The fourth-order valence-electron chi connectivity index (χ4n) is 3.51. The van der Waals surface area contributed by atoms with E-state index in [4.69, 9.17) is 4.74 Å². The van der Waals surface area contributed by atoms with Gasteiger partial charge in [-0.15, -0.1) is 0 Å². The quantitative estimate of drug-likeness (QED) is 0.753. The predicted molar refractivity (Wildman–Crippen MR) is 94.5 cm³/mol.